The molecule has 0 aromatic heterocycles. The van der Waals surface area contributed by atoms with Gasteiger partial charge in [0.1, 0.15) is 12.2 Å². The van der Waals surface area contributed by atoms with Gasteiger partial charge in [-0.25, -0.2) is 4.39 Å². The molecule has 5 heteroatoms. The third-order valence-corrected chi connectivity index (χ3v) is 2.47. The van der Waals surface area contributed by atoms with Gasteiger partial charge in [0.15, 0.2) is 5.78 Å². The highest BCUT2D eigenvalue weighted by Crippen LogP contribution is 2.21. The summed E-state index contributed by atoms with van der Waals surface area (Å²) in [6, 6.07) is 2.40. The number of carbonyl (C=O) groups excluding carboxylic acids is 2. The summed E-state index contributed by atoms with van der Waals surface area (Å²) in [5, 5.41) is 0.00222. The maximum Gasteiger partial charge on any atom is 0.313 e. The Morgan fingerprint density at radius 2 is 2.06 bits per heavy atom. The average Bonchev–Trinajstić information content (AvgIpc) is 2.23. The van der Waals surface area contributed by atoms with Crippen LogP contribution in [-0.2, 0) is 9.53 Å². The smallest absolute Gasteiger partial charge is 0.313 e. The van der Waals surface area contributed by atoms with Crippen molar-refractivity contribution in [2.24, 2.45) is 0 Å². The number of carbonyl (C=O) groups is 2. The average molecular weight is 259 g/mol. The van der Waals surface area contributed by atoms with Crippen molar-refractivity contribution in [2.45, 2.75) is 20.3 Å². The molecule has 0 radical (unpaired) electrons. The quantitative estimate of drug-likeness (QED) is 0.474. The van der Waals surface area contributed by atoms with Crippen LogP contribution in [0.5, 0.6) is 0 Å². The van der Waals surface area contributed by atoms with Crippen molar-refractivity contribution in [3.63, 3.8) is 0 Å². The Morgan fingerprint density at radius 3 is 2.65 bits per heavy atom. The Bertz CT molecular complexity index is 457. The number of aryl methyl sites for hydroxylation is 1. The summed E-state index contributed by atoms with van der Waals surface area (Å²) in [4.78, 5) is 22.8. The predicted octanol–water partition coefficient (Wildman–Crippen LogP) is 2.92. The first-order valence-electron chi connectivity index (χ1n) is 5.10. The molecule has 0 saturated heterocycles. The SMILES string of the molecule is CCOC(=O)CC(=O)c1cc(C)c(F)cc1Cl. The van der Waals surface area contributed by atoms with E-state index in [0.717, 1.165) is 6.07 Å². The molecule has 3 nitrogen and oxygen atoms in total. The number of Topliss-reactive ketones (excluding diaryl/α,β-unsaturated/α-hetero) is 1. The van der Waals surface area contributed by atoms with E-state index in [-0.39, 0.29) is 17.2 Å². The molecular formula is C12H12ClFO3. The van der Waals surface area contributed by atoms with Crippen LogP contribution in [0.3, 0.4) is 0 Å². The zero-order chi connectivity index (χ0) is 13.0. The number of rotatable bonds is 4. The van der Waals surface area contributed by atoms with Crippen molar-refractivity contribution in [2.75, 3.05) is 6.61 Å². The molecule has 0 bridgehead atoms. The minimum Gasteiger partial charge on any atom is -0.466 e. The third-order valence-electron chi connectivity index (χ3n) is 2.16. The summed E-state index contributed by atoms with van der Waals surface area (Å²) in [7, 11) is 0. The van der Waals surface area contributed by atoms with Crippen LogP contribution in [0.2, 0.25) is 5.02 Å². The van der Waals surface area contributed by atoms with E-state index in [1.807, 2.05) is 0 Å². The van der Waals surface area contributed by atoms with Gasteiger partial charge in [-0.1, -0.05) is 11.6 Å². The molecule has 0 fully saturated rings. The zero-order valence-corrected chi connectivity index (χ0v) is 10.3. The lowest BCUT2D eigenvalue weighted by atomic mass is 10.1. The summed E-state index contributed by atoms with van der Waals surface area (Å²) in [5.41, 5.74) is 0.445. The molecule has 0 aliphatic heterocycles. The fraction of sp³-hybridized carbons (Fsp3) is 0.333. The standard InChI is InChI=1S/C12H12ClFO3/c1-3-17-12(16)6-11(15)8-4-7(2)10(14)5-9(8)13/h4-5H,3,6H2,1-2H3. The molecule has 0 atom stereocenters. The largest absolute Gasteiger partial charge is 0.466 e. The fourth-order valence-electron chi connectivity index (χ4n) is 1.31. The second-order valence-corrected chi connectivity index (χ2v) is 3.89. The monoisotopic (exact) mass is 258 g/mol. The zero-order valence-electron chi connectivity index (χ0n) is 9.55. The summed E-state index contributed by atoms with van der Waals surface area (Å²) >= 11 is 5.74. The minimum atomic E-state index is -0.615. The number of ether oxygens (including phenoxy) is 1. The number of halogens is 2. The lowest BCUT2D eigenvalue weighted by Gasteiger charge is -2.05. The van der Waals surface area contributed by atoms with Gasteiger partial charge in [-0.15, -0.1) is 0 Å². The lowest BCUT2D eigenvalue weighted by Crippen LogP contribution is -2.12. The Balaban J connectivity index is 2.89. The van der Waals surface area contributed by atoms with Crippen molar-refractivity contribution in [1.29, 1.82) is 0 Å². The number of ketones is 1. The van der Waals surface area contributed by atoms with Gasteiger partial charge in [-0.05, 0) is 31.5 Å². The van der Waals surface area contributed by atoms with Gasteiger partial charge in [0.25, 0.3) is 0 Å². The normalized spacial score (nSPS) is 10.1. The van der Waals surface area contributed by atoms with Crippen LogP contribution in [0, 0.1) is 12.7 Å². The first-order chi connectivity index (χ1) is 7.95. The van der Waals surface area contributed by atoms with Crippen LogP contribution < -0.4 is 0 Å². The lowest BCUT2D eigenvalue weighted by molar-refractivity contribution is -0.141. The molecule has 0 spiro atoms. The maximum atomic E-state index is 13.1. The number of hydrogen-bond donors (Lipinski definition) is 0. The molecule has 0 saturated carbocycles. The highest BCUT2D eigenvalue weighted by atomic mass is 35.5. The van der Waals surface area contributed by atoms with Gasteiger partial charge in [0.2, 0.25) is 0 Å². The summed E-state index contributed by atoms with van der Waals surface area (Å²) < 4.78 is 17.8. The first-order valence-corrected chi connectivity index (χ1v) is 5.48. The highest BCUT2D eigenvalue weighted by Gasteiger charge is 2.17. The van der Waals surface area contributed by atoms with E-state index in [0.29, 0.717) is 5.56 Å². The molecule has 92 valence electrons. The van der Waals surface area contributed by atoms with Crippen molar-refractivity contribution < 1.29 is 18.7 Å². The molecule has 1 aromatic rings. The van der Waals surface area contributed by atoms with Crippen LogP contribution in [0.4, 0.5) is 4.39 Å². The van der Waals surface area contributed by atoms with Gasteiger partial charge in [-0.2, -0.15) is 0 Å². The van der Waals surface area contributed by atoms with Crippen molar-refractivity contribution in [3.8, 4) is 0 Å². The second kappa shape index (κ2) is 5.77. The van der Waals surface area contributed by atoms with E-state index in [2.05, 4.69) is 4.74 Å². The molecule has 0 N–H and O–H groups in total. The van der Waals surface area contributed by atoms with E-state index >= 15 is 0 Å². The molecule has 0 aliphatic carbocycles. The second-order valence-electron chi connectivity index (χ2n) is 3.49. The van der Waals surface area contributed by atoms with E-state index in [4.69, 9.17) is 11.6 Å². The Morgan fingerprint density at radius 1 is 1.41 bits per heavy atom. The fourth-order valence-corrected chi connectivity index (χ4v) is 1.57. The third kappa shape index (κ3) is 3.53. The van der Waals surface area contributed by atoms with E-state index < -0.39 is 24.0 Å². The van der Waals surface area contributed by atoms with E-state index in [1.54, 1.807) is 6.92 Å². The van der Waals surface area contributed by atoms with Crippen LogP contribution in [0.25, 0.3) is 0 Å². The molecule has 1 rings (SSSR count). The van der Waals surface area contributed by atoms with Crippen LogP contribution >= 0.6 is 11.6 Å². The molecular weight excluding hydrogens is 247 g/mol. The topological polar surface area (TPSA) is 43.4 Å². The first kappa shape index (κ1) is 13.6. The van der Waals surface area contributed by atoms with Crippen LogP contribution in [0.1, 0.15) is 29.3 Å². The maximum absolute atomic E-state index is 13.1. The minimum absolute atomic E-state index is 0.00222. The van der Waals surface area contributed by atoms with Crippen LogP contribution in [0.15, 0.2) is 12.1 Å². The van der Waals surface area contributed by atoms with Gasteiger partial charge in [0, 0.05) is 5.56 Å². The summed E-state index contributed by atoms with van der Waals surface area (Å²) in [5.74, 6) is -1.57. The highest BCUT2D eigenvalue weighted by molar-refractivity contribution is 6.34. The van der Waals surface area contributed by atoms with E-state index in [1.165, 1.54) is 13.0 Å². The number of benzene rings is 1. The van der Waals surface area contributed by atoms with Crippen molar-refractivity contribution in [3.05, 3.63) is 34.1 Å². The molecule has 17 heavy (non-hydrogen) atoms. The molecule has 1 aromatic carbocycles. The molecule has 0 heterocycles. The van der Waals surface area contributed by atoms with Gasteiger partial charge < -0.3 is 4.74 Å². The molecule has 0 unspecified atom stereocenters. The Hall–Kier alpha value is -1.42. The molecule has 0 amide bonds. The predicted molar refractivity (Wildman–Crippen MR) is 61.7 cm³/mol. The van der Waals surface area contributed by atoms with Crippen LogP contribution in [-0.4, -0.2) is 18.4 Å². The number of esters is 1. The van der Waals surface area contributed by atoms with Gasteiger partial charge >= 0.3 is 5.97 Å². The van der Waals surface area contributed by atoms with Crippen molar-refractivity contribution in [1.82, 2.24) is 0 Å². The summed E-state index contributed by atoms with van der Waals surface area (Å²) in [6.07, 6.45) is -0.390. The van der Waals surface area contributed by atoms with E-state index in [9.17, 15) is 14.0 Å². The van der Waals surface area contributed by atoms with Gasteiger partial charge in [-0.3, -0.25) is 9.59 Å². The Kier molecular flexibility index (Phi) is 4.63. The van der Waals surface area contributed by atoms with Gasteiger partial charge in [0.05, 0.1) is 11.6 Å². The number of hydrogen-bond acceptors (Lipinski definition) is 3. The Labute approximate surface area is 104 Å². The summed E-state index contributed by atoms with van der Waals surface area (Å²) in [6.45, 7) is 3.38. The molecule has 0 aliphatic rings. The van der Waals surface area contributed by atoms with Crippen molar-refractivity contribution >= 4 is 23.4 Å².